The van der Waals surface area contributed by atoms with Gasteiger partial charge in [-0.2, -0.15) is 0 Å². The van der Waals surface area contributed by atoms with Crippen LogP contribution >= 0.6 is 0 Å². The summed E-state index contributed by atoms with van der Waals surface area (Å²) in [5.74, 6) is -12.1. The minimum atomic E-state index is -2.81. The van der Waals surface area contributed by atoms with Crippen molar-refractivity contribution in [2.45, 2.75) is 57.7 Å². The number of amides is 1. The van der Waals surface area contributed by atoms with E-state index in [-0.39, 0.29) is 35.4 Å². The summed E-state index contributed by atoms with van der Waals surface area (Å²) in [6.45, 7) is 8.08. The van der Waals surface area contributed by atoms with Crippen molar-refractivity contribution in [1.82, 2.24) is 10.2 Å². The van der Waals surface area contributed by atoms with E-state index in [0.717, 1.165) is 0 Å². The molecule has 2 fully saturated rings. The van der Waals surface area contributed by atoms with E-state index in [1.807, 2.05) is 13.8 Å². The van der Waals surface area contributed by atoms with E-state index >= 15 is 4.39 Å². The lowest BCUT2D eigenvalue weighted by atomic mass is 9.52. The lowest BCUT2D eigenvalue weighted by Crippen LogP contribution is -2.74. The van der Waals surface area contributed by atoms with Crippen LogP contribution in [0.1, 0.15) is 55.6 Å². The molecule has 0 radical (unpaired) electrons. The number of ketones is 4. The zero-order chi connectivity index (χ0) is 29.4. The monoisotopic (exact) mass is 545 g/mol. The van der Waals surface area contributed by atoms with Crippen LogP contribution in [0.3, 0.4) is 0 Å². The Morgan fingerprint density at radius 1 is 1.23 bits per heavy atom. The molecule has 5 N–H and O–H groups in total. The maximum Gasteiger partial charge on any atom is 0.235 e. The molecule has 0 saturated heterocycles. The Morgan fingerprint density at radius 2 is 1.85 bits per heavy atom. The lowest BCUT2D eigenvalue weighted by molar-refractivity contribution is -0.181. The first-order valence-electron chi connectivity index (χ1n) is 13.1. The van der Waals surface area contributed by atoms with E-state index in [9.17, 15) is 34.2 Å². The van der Waals surface area contributed by atoms with E-state index in [0.29, 0.717) is 6.54 Å². The van der Waals surface area contributed by atoms with Gasteiger partial charge in [-0.3, -0.25) is 28.9 Å². The highest BCUT2D eigenvalue weighted by atomic mass is 19.1. The molecule has 0 aliphatic heterocycles. The number of carbonyl (C=O) groups is 5. The highest BCUT2D eigenvalue weighted by Gasteiger charge is 2.69. The summed E-state index contributed by atoms with van der Waals surface area (Å²) >= 11 is 0. The molecule has 0 bridgehead atoms. The third-order valence-electron chi connectivity index (χ3n) is 8.62. The Labute approximate surface area is 226 Å². The normalized spacial score (nSPS) is 30.9. The number of aliphatic hydroxyl groups is 1. The number of hydrogen-bond acceptors (Lipinski definition) is 9. The second kappa shape index (κ2) is 9.57. The molecule has 2 saturated carbocycles. The zero-order valence-electron chi connectivity index (χ0n) is 23.0. The number of halogens is 1. The number of rotatable bonds is 6. The predicted octanol–water partition coefficient (Wildman–Crippen LogP) is 0.487. The van der Waals surface area contributed by atoms with Crippen molar-refractivity contribution in [1.29, 1.82) is 0 Å². The minimum Gasteiger partial charge on any atom is -0.507 e. The number of carbonyl (C=O) groups excluding carboxylic acids is 5. The van der Waals surface area contributed by atoms with Gasteiger partial charge in [0.1, 0.15) is 11.6 Å². The SMILES string of the molecule is CC(C)CNC(C)(C)c1cc(O)c2c(c1F)C[C@H]1C[C@H]3[C@H](N(C)C)C(=O)C(C(N)=O)C(=O)[C@@]3(O)C(=O)C1C2=O. The average Bonchev–Trinajstić information content (AvgIpc) is 2.81. The zero-order valence-corrected chi connectivity index (χ0v) is 23.0. The van der Waals surface area contributed by atoms with Gasteiger partial charge in [-0.25, -0.2) is 4.39 Å². The molecule has 3 aliphatic carbocycles. The van der Waals surface area contributed by atoms with E-state index in [1.165, 1.54) is 25.1 Å². The topological polar surface area (TPSA) is 167 Å². The van der Waals surface area contributed by atoms with Crippen LogP contribution in [-0.2, 0) is 31.1 Å². The number of Topliss-reactive ketones (excluding diaryl/α,β-unsaturated/α-hetero) is 4. The summed E-state index contributed by atoms with van der Waals surface area (Å²) in [6, 6.07) is -0.0458. The summed E-state index contributed by atoms with van der Waals surface area (Å²) < 4.78 is 16.1. The van der Waals surface area contributed by atoms with E-state index in [1.54, 1.807) is 13.8 Å². The number of aromatic hydroxyl groups is 1. The van der Waals surface area contributed by atoms with Crippen molar-refractivity contribution < 1.29 is 38.6 Å². The van der Waals surface area contributed by atoms with Gasteiger partial charge < -0.3 is 21.3 Å². The minimum absolute atomic E-state index is 0.0428. The van der Waals surface area contributed by atoms with E-state index in [2.05, 4.69) is 5.32 Å². The number of benzene rings is 1. The number of nitrogens with one attached hydrogen (secondary N) is 1. The molecule has 0 heterocycles. The number of primary amides is 1. The first-order chi connectivity index (χ1) is 18.0. The number of likely N-dealkylation sites (N-methyl/N-ethyl adjacent to an activating group) is 1. The fourth-order valence-corrected chi connectivity index (χ4v) is 6.66. The third-order valence-corrected chi connectivity index (χ3v) is 8.62. The Kier molecular flexibility index (Phi) is 7.11. The number of phenolic OH excluding ortho intramolecular Hbond substituents is 1. The van der Waals surface area contributed by atoms with Gasteiger partial charge in [0.2, 0.25) is 5.91 Å². The summed E-state index contributed by atoms with van der Waals surface area (Å²) in [5, 5.41) is 25.7. The molecular formula is C28H36FN3O7. The molecule has 212 valence electrons. The molecule has 4 rings (SSSR count). The van der Waals surface area contributed by atoms with Crippen LogP contribution in [0.4, 0.5) is 4.39 Å². The van der Waals surface area contributed by atoms with Crippen molar-refractivity contribution in [2.24, 2.45) is 35.3 Å². The molecule has 0 spiro atoms. The van der Waals surface area contributed by atoms with Crippen LogP contribution in [0.15, 0.2) is 6.07 Å². The van der Waals surface area contributed by atoms with Gasteiger partial charge in [0.05, 0.1) is 17.5 Å². The van der Waals surface area contributed by atoms with Crippen LogP contribution in [-0.4, -0.2) is 76.4 Å². The van der Waals surface area contributed by atoms with Crippen molar-refractivity contribution >= 4 is 29.0 Å². The fraction of sp³-hybridized carbons (Fsp3) is 0.607. The maximum absolute atomic E-state index is 16.1. The highest BCUT2D eigenvalue weighted by molar-refractivity contribution is 6.32. The van der Waals surface area contributed by atoms with Crippen LogP contribution in [0.25, 0.3) is 0 Å². The van der Waals surface area contributed by atoms with Gasteiger partial charge in [0.15, 0.2) is 34.7 Å². The smallest absolute Gasteiger partial charge is 0.235 e. The second-order valence-electron chi connectivity index (χ2n) is 12.3. The molecular weight excluding hydrogens is 509 g/mol. The van der Waals surface area contributed by atoms with Crippen molar-refractivity contribution in [3.05, 3.63) is 28.6 Å². The number of fused-ring (bicyclic) bond motifs is 3. The summed E-state index contributed by atoms with van der Waals surface area (Å²) in [7, 11) is 3.01. The van der Waals surface area contributed by atoms with Crippen molar-refractivity contribution in [3.63, 3.8) is 0 Å². The van der Waals surface area contributed by atoms with Crippen molar-refractivity contribution in [3.8, 4) is 5.75 Å². The molecule has 10 nitrogen and oxygen atoms in total. The first-order valence-corrected chi connectivity index (χ1v) is 13.1. The van der Waals surface area contributed by atoms with Gasteiger partial charge in [-0.15, -0.1) is 0 Å². The summed E-state index contributed by atoms with van der Waals surface area (Å²) in [5.41, 5.74) is 1.36. The van der Waals surface area contributed by atoms with Gasteiger partial charge >= 0.3 is 0 Å². The number of phenols is 1. The fourth-order valence-electron chi connectivity index (χ4n) is 6.66. The Bertz CT molecular complexity index is 1290. The van der Waals surface area contributed by atoms with Crippen LogP contribution < -0.4 is 11.1 Å². The molecule has 11 heteroatoms. The van der Waals surface area contributed by atoms with E-state index < -0.39 is 81.5 Å². The van der Waals surface area contributed by atoms with Gasteiger partial charge in [-0.1, -0.05) is 13.8 Å². The predicted molar refractivity (Wildman–Crippen MR) is 137 cm³/mol. The maximum atomic E-state index is 16.1. The number of nitrogens with two attached hydrogens (primary N) is 1. The summed E-state index contributed by atoms with van der Waals surface area (Å²) in [4.78, 5) is 67.4. The van der Waals surface area contributed by atoms with Gasteiger partial charge in [0.25, 0.3) is 0 Å². The van der Waals surface area contributed by atoms with Gasteiger partial charge in [0, 0.05) is 22.6 Å². The Hall–Kier alpha value is -3.02. The third kappa shape index (κ3) is 4.22. The van der Waals surface area contributed by atoms with Gasteiger partial charge in [-0.05, 0) is 65.2 Å². The average molecular weight is 546 g/mol. The molecule has 2 unspecified atom stereocenters. The second-order valence-corrected chi connectivity index (χ2v) is 12.3. The Balaban J connectivity index is 1.83. The van der Waals surface area contributed by atoms with Crippen LogP contribution in [0, 0.1) is 35.4 Å². The molecule has 1 aromatic rings. The quantitative estimate of drug-likeness (QED) is 0.372. The molecule has 39 heavy (non-hydrogen) atoms. The summed E-state index contributed by atoms with van der Waals surface area (Å²) in [6.07, 6.45) is -0.261. The lowest BCUT2D eigenvalue weighted by Gasteiger charge is -2.52. The van der Waals surface area contributed by atoms with E-state index in [4.69, 9.17) is 5.73 Å². The highest BCUT2D eigenvalue weighted by Crippen LogP contribution is 2.51. The molecule has 1 aromatic carbocycles. The number of nitrogens with zero attached hydrogens (tertiary/aromatic N) is 1. The standard InChI is InChI=1S/C28H36FN3O7/c1-11(2)10-31-27(3,4)14-9-16(33)18-13(20(14)29)7-12-8-15-21(32(5)6)23(35)19(26(30)38)25(37)28(15,39)24(36)17(12)22(18)34/h9,11-12,15,17,19,21,31,33,39H,7-8,10H2,1-6H3,(H2,30,38)/t12-,15-,17?,19?,21-,28-/m0/s1. The molecule has 1 amide bonds. The van der Waals surface area contributed by atoms with Crippen LogP contribution in [0.5, 0.6) is 5.75 Å². The molecule has 6 atom stereocenters. The molecule has 3 aliphatic rings. The Morgan fingerprint density at radius 3 is 2.38 bits per heavy atom. The van der Waals surface area contributed by atoms with Crippen LogP contribution in [0.2, 0.25) is 0 Å². The largest absolute Gasteiger partial charge is 0.507 e. The number of hydrogen-bond donors (Lipinski definition) is 4. The first kappa shape index (κ1) is 29.0. The molecule has 0 aromatic heterocycles. The van der Waals surface area contributed by atoms with Crippen molar-refractivity contribution in [2.75, 3.05) is 20.6 Å².